The van der Waals surface area contributed by atoms with Crippen molar-refractivity contribution < 1.29 is 9.53 Å². The van der Waals surface area contributed by atoms with Crippen molar-refractivity contribution in [2.45, 2.75) is 25.5 Å². The fourth-order valence-corrected chi connectivity index (χ4v) is 3.45. The first kappa shape index (κ1) is 17.4. The molecule has 1 amide bonds. The van der Waals surface area contributed by atoms with Crippen LogP contribution in [0.4, 0.5) is 0 Å². The number of hydrogen-bond donors (Lipinski definition) is 1. The number of H-pyrrole nitrogens is 1. The molecule has 1 N–H and O–H groups in total. The van der Waals surface area contributed by atoms with Crippen LogP contribution in [-0.2, 0) is 11.3 Å². The maximum Gasteiger partial charge on any atom is 0.254 e. The summed E-state index contributed by atoms with van der Waals surface area (Å²) < 4.78 is 5.72. The van der Waals surface area contributed by atoms with Crippen LogP contribution in [0.2, 0.25) is 0 Å². The molecule has 1 fully saturated rings. The molecule has 0 bridgehead atoms. The second-order valence-electron chi connectivity index (χ2n) is 6.77. The van der Waals surface area contributed by atoms with Crippen molar-refractivity contribution >= 4 is 16.8 Å². The first-order chi connectivity index (χ1) is 13.2. The van der Waals surface area contributed by atoms with Crippen LogP contribution in [0.25, 0.3) is 10.9 Å². The van der Waals surface area contributed by atoms with Gasteiger partial charge in [0.25, 0.3) is 11.5 Å². The van der Waals surface area contributed by atoms with Gasteiger partial charge in [0.2, 0.25) is 0 Å². The van der Waals surface area contributed by atoms with Gasteiger partial charge in [-0.3, -0.25) is 14.6 Å². The van der Waals surface area contributed by atoms with Gasteiger partial charge in [0.15, 0.2) is 0 Å². The summed E-state index contributed by atoms with van der Waals surface area (Å²) in [6.07, 6.45) is 5.13. The first-order valence-corrected chi connectivity index (χ1v) is 9.12. The molecule has 0 spiro atoms. The predicted molar refractivity (Wildman–Crippen MR) is 103 cm³/mol. The average Bonchev–Trinajstić information content (AvgIpc) is 3.21. The Morgan fingerprint density at radius 1 is 1.22 bits per heavy atom. The Morgan fingerprint density at radius 2 is 2.04 bits per heavy atom. The number of aromatic amines is 1. The van der Waals surface area contributed by atoms with E-state index in [9.17, 15) is 9.59 Å². The highest BCUT2D eigenvalue weighted by atomic mass is 16.5. The number of rotatable bonds is 5. The third-order valence-electron chi connectivity index (χ3n) is 4.85. The molecular weight excluding hydrogens is 342 g/mol. The fourth-order valence-electron chi connectivity index (χ4n) is 3.45. The van der Waals surface area contributed by atoms with E-state index in [-0.39, 0.29) is 24.1 Å². The van der Waals surface area contributed by atoms with E-state index >= 15 is 0 Å². The lowest BCUT2D eigenvalue weighted by Crippen LogP contribution is -2.38. The number of benzene rings is 1. The lowest BCUT2D eigenvalue weighted by atomic mass is 10.1. The summed E-state index contributed by atoms with van der Waals surface area (Å²) >= 11 is 0. The summed E-state index contributed by atoms with van der Waals surface area (Å²) in [7, 11) is 0. The van der Waals surface area contributed by atoms with Crippen molar-refractivity contribution in [3.63, 3.8) is 0 Å². The van der Waals surface area contributed by atoms with Crippen LogP contribution in [0.5, 0.6) is 0 Å². The van der Waals surface area contributed by atoms with E-state index in [1.165, 1.54) is 0 Å². The van der Waals surface area contributed by atoms with Crippen molar-refractivity contribution in [2.24, 2.45) is 0 Å². The Bertz CT molecular complexity index is 994. The third-order valence-corrected chi connectivity index (χ3v) is 4.85. The number of aromatic nitrogens is 2. The fraction of sp³-hybridized carbons (Fsp3) is 0.286. The van der Waals surface area contributed by atoms with E-state index in [4.69, 9.17) is 4.74 Å². The number of fused-ring (bicyclic) bond motifs is 1. The molecule has 0 radical (unpaired) electrons. The smallest absolute Gasteiger partial charge is 0.254 e. The maximum absolute atomic E-state index is 13.0. The molecule has 0 saturated carbocycles. The second kappa shape index (κ2) is 7.72. The van der Waals surface area contributed by atoms with Gasteiger partial charge in [-0.15, -0.1) is 0 Å². The summed E-state index contributed by atoms with van der Waals surface area (Å²) in [6, 6.07) is 12.9. The molecule has 6 heteroatoms. The number of hydrogen-bond acceptors (Lipinski definition) is 4. The zero-order valence-corrected chi connectivity index (χ0v) is 14.9. The summed E-state index contributed by atoms with van der Waals surface area (Å²) in [6.45, 7) is 1.42. The van der Waals surface area contributed by atoms with E-state index in [1.807, 2.05) is 30.3 Å². The third kappa shape index (κ3) is 3.90. The van der Waals surface area contributed by atoms with Crippen LogP contribution in [-0.4, -0.2) is 40.0 Å². The molecule has 0 unspecified atom stereocenters. The minimum absolute atomic E-state index is 0.00956. The summed E-state index contributed by atoms with van der Waals surface area (Å²) in [5.74, 6) is -0.125. The summed E-state index contributed by atoms with van der Waals surface area (Å²) in [5, 5.41) is 0.945. The Kier molecular flexibility index (Phi) is 4.98. The van der Waals surface area contributed by atoms with Gasteiger partial charge in [0.05, 0.1) is 12.6 Å². The van der Waals surface area contributed by atoms with Gasteiger partial charge in [-0.25, -0.2) is 0 Å². The minimum Gasteiger partial charge on any atom is -0.376 e. The molecule has 27 heavy (non-hydrogen) atoms. The standard InChI is InChI=1S/C21H21N3O3/c25-20-17(12-16-4-1-2-6-19(16)23-20)13-24(14-18-5-3-11-27-18)21(26)15-7-9-22-10-8-15/h1-2,4,6-10,12,18H,3,5,11,13-14H2,(H,23,25)/t18-/m0/s1. The molecule has 1 aliphatic heterocycles. The molecule has 1 atom stereocenters. The SMILES string of the molecule is O=C(c1ccncc1)N(Cc1cc2ccccc2[nH]c1=O)C[C@@H]1CCCO1. The molecular formula is C21H21N3O3. The molecule has 2 aromatic heterocycles. The first-order valence-electron chi connectivity index (χ1n) is 9.12. The quantitative estimate of drug-likeness (QED) is 0.756. The lowest BCUT2D eigenvalue weighted by molar-refractivity contribution is 0.0506. The Hall–Kier alpha value is -2.99. The monoisotopic (exact) mass is 363 g/mol. The minimum atomic E-state index is -0.173. The molecule has 1 saturated heterocycles. The number of amides is 1. The highest BCUT2D eigenvalue weighted by Crippen LogP contribution is 2.18. The van der Waals surface area contributed by atoms with Gasteiger partial charge < -0.3 is 14.6 Å². The second-order valence-corrected chi connectivity index (χ2v) is 6.77. The summed E-state index contributed by atoms with van der Waals surface area (Å²) in [5.41, 5.74) is 1.74. The van der Waals surface area contributed by atoms with E-state index in [2.05, 4.69) is 9.97 Å². The molecule has 1 aliphatic rings. The topological polar surface area (TPSA) is 75.3 Å². The number of nitrogens with zero attached hydrogens (tertiary/aromatic N) is 2. The number of nitrogens with one attached hydrogen (secondary N) is 1. The van der Waals surface area contributed by atoms with Crippen molar-refractivity contribution in [3.05, 3.63) is 76.3 Å². The van der Waals surface area contributed by atoms with Crippen LogP contribution in [0.1, 0.15) is 28.8 Å². The normalized spacial score (nSPS) is 16.5. The highest BCUT2D eigenvalue weighted by Gasteiger charge is 2.24. The maximum atomic E-state index is 13.0. The van der Waals surface area contributed by atoms with Gasteiger partial charge in [-0.2, -0.15) is 0 Å². The Labute approximate surface area is 156 Å². The van der Waals surface area contributed by atoms with Crippen molar-refractivity contribution in [3.8, 4) is 0 Å². The van der Waals surface area contributed by atoms with Crippen LogP contribution in [0, 0.1) is 0 Å². The zero-order chi connectivity index (χ0) is 18.6. The summed E-state index contributed by atoms with van der Waals surface area (Å²) in [4.78, 5) is 34.1. The van der Waals surface area contributed by atoms with Gasteiger partial charge >= 0.3 is 0 Å². The van der Waals surface area contributed by atoms with Gasteiger partial charge in [-0.05, 0) is 42.5 Å². The Morgan fingerprint density at radius 3 is 2.81 bits per heavy atom. The number of pyridine rings is 2. The largest absolute Gasteiger partial charge is 0.376 e. The molecule has 0 aliphatic carbocycles. The van der Waals surface area contributed by atoms with Crippen molar-refractivity contribution in [2.75, 3.05) is 13.2 Å². The van der Waals surface area contributed by atoms with E-state index in [1.54, 1.807) is 29.4 Å². The molecule has 1 aromatic carbocycles. The number of para-hydroxylation sites is 1. The zero-order valence-electron chi connectivity index (χ0n) is 14.9. The number of ether oxygens (including phenoxy) is 1. The van der Waals surface area contributed by atoms with E-state index in [0.29, 0.717) is 17.7 Å². The molecule has 6 nitrogen and oxygen atoms in total. The van der Waals surface area contributed by atoms with Gasteiger partial charge in [0, 0.05) is 42.2 Å². The van der Waals surface area contributed by atoms with E-state index < -0.39 is 0 Å². The number of carbonyl (C=O) groups is 1. The van der Waals surface area contributed by atoms with Crippen LogP contribution < -0.4 is 5.56 Å². The Balaban J connectivity index is 1.65. The van der Waals surface area contributed by atoms with Gasteiger partial charge in [0.1, 0.15) is 0 Å². The molecule has 4 rings (SSSR count). The van der Waals surface area contributed by atoms with Gasteiger partial charge in [-0.1, -0.05) is 18.2 Å². The van der Waals surface area contributed by atoms with Crippen LogP contribution in [0.3, 0.4) is 0 Å². The van der Waals surface area contributed by atoms with Crippen molar-refractivity contribution in [1.29, 1.82) is 0 Å². The molecule has 138 valence electrons. The van der Waals surface area contributed by atoms with Crippen molar-refractivity contribution in [1.82, 2.24) is 14.9 Å². The van der Waals surface area contributed by atoms with Crippen LogP contribution in [0.15, 0.2) is 59.7 Å². The van der Waals surface area contributed by atoms with E-state index in [0.717, 1.165) is 30.4 Å². The average molecular weight is 363 g/mol. The number of carbonyl (C=O) groups excluding carboxylic acids is 1. The highest BCUT2D eigenvalue weighted by molar-refractivity contribution is 5.94. The molecule has 3 heterocycles. The molecule has 3 aromatic rings. The predicted octanol–water partition coefficient (Wildman–Crippen LogP) is 2.74. The lowest BCUT2D eigenvalue weighted by Gasteiger charge is -2.25. The van der Waals surface area contributed by atoms with Crippen LogP contribution >= 0.6 is 0 Å².